The molecule has 0 heterocycles. The van der Waals surface area contributed by atoms with Crippen LogP contribution in [0.3, 0.4) is 0 Å². The normalized spacial score (nSPS) is 12.8. The van der Waals surface area contributed by atoms with E-state index in [2.05, 4.69) is 217 Å². The van der Waals surface area contributed by atoms with Crippen LogP contribution in [0.5, 0.6) is 0 Å². The van der Waals surface area contributed by atoms with E-state index in [1.54, 1.807) is 0 Å². The van der Waals surface area contributed by atoms with E-state index in [1.807, 2.05) is 0 Å². The van der Waals surface area contributed by atoms with Crippen molar-refractivity contribution in [1.82, 2.24) is 0 Å². The molecule has 0 N–H and O–H groups in total. The summed E-state index contributed by atoms with van der Waals surface area (Å²) in [4.78, 5) is 2.50. The Morgan fingerprint density at radius 3 is 1.60 bits per heavy atom. The maximum atomic E-state index is 2.50. The molecule has 0 fully saturated rings. The predicted octanol–water partition coefficient (Wildman–Crippen LogP) is 13.5. The second kappa shape index (κ2) is 12.3. The van der Waals surface area contributed by atoms with Crippen LogP contribution in [0, 0.1) is 0 Å². The van der Waals surface area contributed by atoms with Crippen LogP contribution in [-0.2, 0) is 5.41 Å². The van der Waals surface area contributed by atoms with Crippen molar-refractivity contribution in [2.75, 3.05) is 4.90 Å². The number of nitrogens with zero attached hydrogens (tertiary/aromatic N) is 1. The van der Waals surface area contributed by atoms with E-state index >= 15 is 0 Å². The van der Waals surface area contributed by atoms with Gasteiger partial charge in [0.2, 0.25) is 0 Å². The maximum absolute atomic E-state index is 2.50. The quantitative estimate of drug-likeness (QED) is 0.160. The third-order valence-corrected chi connectivity index (χ3v) is 10.9. The standard InChI is InChI=1S/C51H35N/c1-4-18-36(19-5-1)42-26-15-17-31-49(42)52(50-34-37-20-10-11-25-41(37)43-27-12-13-29-46(43)50)40-32-33-45-44-28-14-16-30-47(44)51(48(45)35-40,38-21-6-2-7-22-38)39-23-8-3-9-24-39/h1-35H. The zero-order valence-electron chi connectivity index (χ0n) is 28.7. The first kappa shape index (κ1) is 30.2. The van der Waals surface area contributed by atoms with E-state index in [9.17, 15) is 0 Å². The minimum Gasteiger partial charge on any atom is -0.309 e. The molecule has 0 aromatic heterocycles. The first-order valence-electron chi connectivity index (χ1n) is 18.0. The molecule has 0 saturated heterocycles. The molecule has 0 bridgehead atoms. The SMILES string of the molecule is c1ccc(-c2ccccc2N(c2ccc3c(c2)C(c2ccccc2)(c2ccccc2)c2ccccc2-3)c2cc3ccccc3c3ccccc23)cc1. The van der Waals surface area contributed by atoms with Gasteiger partial charge in [0, 0.05) is 16.6 Å². The second-order valence-corrected chi connectivity index (χ2v) is 13.6. The Hall–Kier alpha value is -6.70. The van der Waals surface area contributed by atoms with Crippen molar-refractivity contribution in [2.24, 2.45) is 0 Å². The van der Waals surface area contributed by atoms with Crippen molar-refractivity contribution < 1.29 is 0 Å². The number of fused-ring (bicyclic) bond motifs is 6. The molecule has 0 saturated carbocycles. The van der Waals surface area contributed by atoms with Gasteiger partial charge in [-0.25, -0.2) is 0 Å². The molecule has 9 aromatic carbocycles. The van der Waals surface area contributed by atoms with Gasteiger partial charge in [0.15, 0.2) is 0 Å². The number of para-hydroxylation sites is 1. The third-order valence-electron chi connectivity index (χ3n) is 10.9. The lowest BCUT2D eigenvalue weighted by Crippen LogP contribution is -2.28. The van der Waals surface area contributed by atoms with Crippen LogP contribution in [-0.4, -0.2) is 0 Å². The third kappa shape index (κ3) is 4.56. The van der Waals surface area contributed by atoms with Gasteiger partial charge in [-0.1, -0.05) is 188 Å². The average molecular weight is 662 g/mol. The van der Waals surface area contributed by atoms with Gasteiger partial charge in [-0.05, 0) is 79.4 Å². The molecule has 52 heavy (non-hydrogen) atoms. The van der Waals surface area contributed by atoms with Gasteiger partial charge in [-0.3, -0.25) is 0 Å². The van der Waals surface area contributed by atoms with Gasteiger partial charge in [-0.2, -0.15) is 0 Å². The Bertz CT molecular complexity index is 2690. The average Bonchev–Trinajstić information content (AvgIpc) is 3.52. The van der Waals surface area contributed by atoms with Crippen LogP contribution in [0.15, 0.2) is 212 Å². The largest absolute Gasteiger partial charge is 0.309 e. The number of hydrogen-bond acceptors (Lipinski definition) is 1. The van der Waals surface area contributed by atoms with Crippen molar-refractivity contribution in [2.45, 2.75) is 5.41 Å². The van der Waals surface area contributed by atoms with E-state index in [0.29, 0.717) is 0 Å². The fourth-order valence-corrected chi connectivity index (χ4v) is 8.73. The molecule has 10 rings (SSSR count). The second-order valence-electron chi connectivity index (χ2n) is 13.6. The summed E-state index contributed by atoms with van der Waals surface area (Å²) < 4.78 is 0. The topological polar surface area (TPSA) is 3.24 Å². The van der Waals surface area contributed by atoms with Crippen LogP contribution in [0.4, 0.5) is 17.1 Å². The monoisotopic (exact) mass is 661 g/mol. The molecule has 0 aliphatic heterocycles. The Morgan fingerprint density at radius 2 is 0.865 bits per heavy atom. The number of rotatable bonds is 6. The maximum Gasteiger partial charge on any atom is 0.0714 e. The van der Waals surface area contributed by atoms with Crippen LogP contribution < -0.4 is 4.90 Å². The van der Waals surface area contributed by atoms with Crippen molar-refractivity contribution in [3.8, 4) is 22.3 Å². The van der Waals surface area contributed by atoms with Gasteiger partial charge < -0.3 is 4.90 Å². The number of benzene rings is 9. The highest BCUT2D eigenvalue weighted by molar-refractivity contribution is 6.15. The zero-order valence-corrected chi connectivity index (χ0v) is 28.7. The molecule has 1 aliphatic rings. The van der Waals surface area contributed by atoms with Crippen molar-refractivity contribution in [3.63, 3.8) is 0 Å². The number of anilines is 3. The lowest BCUT2D eigenvalue weighted by atomic mass is 9.67. The van der Waals surface area contributed by atoms with Crippen molar-refractivity contribution >= 4 is 38.6 Å². The zero-order chi connectivity index (χ0) is 34.5. The molecule has 0 atom stereocenters. The van der Waals surface area contributed by atoms with Crippen LogP contribution in [0.1, 0.15) is 22.3 Å². The molecule has 0 amide bonds. The van der Waals surface area contributed by atoms with E-state index in [1.165, 1.54) is 66.1 Å². The fourth-order valence-electron chi connectivity index (χ4n) is 8.73. The highest BCUT2D eigenvalue weighted by Gasteiger charge is 2.46. The fraction of sp³-hybridized carbons (Fsp3) is 0.0196. The smallest absolute Gasteiger partial charge is 0.0714 e. The highest BCUT2D eigenvalue weighted by atomic mass is 15.1. The summed E-state index contributed by atoms with van der Waals surface area (Å²) in [6.07, 6.45) is 0. The molecular weight excluding hydrogens is 627 g/mol. The molecular formula is C51H35N. The molecule has 0 unspecified atom stereocenters. The lowest BCUT2D eigenvalue weighted by molar-refractivity contribution is 0.768. The summed E-state index contributed by atoms with van der Waals surface area (Å²) in [7, 11) is 0. The Labute approximate surface area is 304 Å². The minimum absolute atomic E-state index is 0.499. The Balaban J connectivity index is 1.32. The minimum atomic E-state index is -0.499. The molecule has 9 aromatic rings. The summed E-state index contributed by atoms with van der Waals surface area (Å²) in [5.74, 6) is 0. The predicted molar refractivity (Wildman–Crippen MR) is 219 cm³/mol. The molecule has 1 nitrogen and oxygen atoms in total. The summed E-state index contributed by atoms with van der Waals surface area (Å²) in [6, 6.07) is 77.9. The molecule has 1 heteroatoms. The van der Waals surface area contributed by atoms with Gasteiger partial charge in [0.05, 0.1) is 16.8 Å². The molecule has 0 radical (unpaired) electrons. The van der Waals surface area contributed by atoms with Gasteiger partial charge in [0.25, 0.3) is 0 Å². The Kier molecular flexibility index (Phi) is 7.11. The van der Waals surface area contributed by atoms with E-state index in [0.717, 1.165) is 17.1 Å². The van der Waals surface area contributed by atoms with E-state index < -0.39 is 5.41 Å². The van der Waals surface area contributed by atoms with Gasteiger partial charge in [0.1, 0.15) is 0 Å². The summed E-state index contributed by atoms with van der Waals surface area (Å²) in [5.41, 5.74) is 12.9. The molecule has 244 valence electrons. The van der Waals surface area contributed by atoms with Crippen LogP contribution in [0.2, 0.25) is 0 Å². The number of hydrogen-bond donors (Lipinski definition) is 0. The van der Waals surface area contributed by atoms with E-state index in [-0.39, 0.29) is 0 Å². The summed E-state index contributed by atoms with van der Waals surface area (Å²) >= 11 is 0. The summed E-state index contributed by atoms with van der Waals surface area (Å²) in [6.45, 7) is 0. The van der Waals surface area contributed by atoms with Crippen LogP contribution >= 0.6 is 0 Å². The Morgan fingerprint density at radius 1 is 0.327 bits per heavy atom. The first-order valence-corrected chi connectivity index (χ1v) is 18.0. The lowest BCUT2D eigenvalue weighted by Gasteiger charge is -2.35. The summed E-state index contributed by atoms with van der Waals surface area (Å²) in [5, 5.41) is 4.93. The molecule has 1 aliphatic carbocycles. The van der Waals surface area contributed by atoms with Gasteiger partial charge >= 0.3 is 0 Å². The van der Waals surface area contributed by atoms with Crippen LogP contribution in [0.25, 0.3) is 43.8 Å². The van der Waals surface area contributed by atoms with Crippen molar-refractivity contribution in [1.29, 1.82) is 0 Å². The first-order chi connectivity index (χ1) is 25.8. The van der Waals surface area contributed by atoms with Crippen molar-refractivity contribution in [3.05, 3.63) is 235 Å². The van der Waals surface area contributed by atoms with E-state index in [4.69, 9.17) is 0 Å². The van der Waals surface area contributed by atoms with Gasteiger partial charge in [-0.15, -0.1) is 0 Å². The highest BCUT2D eigenvalue weighted by Crippen LogP contribution is 2.57. The molecule has 0 spiro atoms.